The number of hydrogen-bond donors (Lipinski definition) is 1. The van der Waals surface area contributed by atoms with Gasteiger partial charge in [0.25, 0.3) is 5.91 Å². The predicted octanol–water partition coefficient (Wildman–Crippen LogP) is 5.69. The van der Waals surface area contributed by atoms with Crippen molar-refractivity contribution < 1.29 is 9.53 Å². The summed E-state index contributed by atoms with van der Waals surface area (Å²) in [6, 6.07) is 18.5. The molecule has 0 saturated heterocycles. The number of nitrogens with zero attached hydrogens (tertiary/aromatic N) is 2. The molecule has 30 heavy (non-hydrogen) atoms. The molecule has 6 heteroatoms. The smallest absolute Gasteiger partial charge is 0.266 e. The number of para-hydroxylation sites is 1. The zero-order valence-electron chi connectivity index (χ0n) is 17.1. The number of halogens is 1. The van der Waals surface area contributed by atoms with Gasteiger partial charge in [0.15, 0.2) is 0 Å². The highest BCUT2D eigenvalue weighted by Crippen LogP contribution is 2.27. The summed E-state index contributed by atoms with van der Waals surface area (Å²) in [5.74, 6) is 0.253. The minimum Gasteiger partial charge on any atom is -0.494 e. The average Bonchev–Trinajstić information content (AvgIpc) is 3.01. The molecule has 1 amide bonds. The molecule has 0 unspecified atom stereocenters. The van der Waals surface area contributed by atoms with E-state index in [9.17, 15) is 10.1 Å². The van der Waals surface area contributed by atoms with Crippen LogP contribution >= 0.6 is 11.6 Å². The number of carbonyl (C=O) groups excluding carboxylic acids is 1. The largest absolute Gasteiger partial charge is 0.494 e. The first-order chi connectivity index (χ1) is 14.4. The van der Waals surface area contributed by atoms with Crippen molar-refractivity contribution in [3.05, 3.63) is 82.1 Å². The molecular weight excluding hydrogens is 398 g/mol. The number of carbonyl (C=O) groups is 1. The third-order valence-electron chi connectivity index (χ3n) is 4.65. The van der Waals surface area contributed by atoms with Crippen LogP contribution in [0.25, 0.3) is 11.8 Å². The number of nitriles is 1. The number of anilines is 1. The molecule has 0 aliphatic carbocycles. The van der Waals surface area contributed by atoms with Gasteiger partial charge in [-0.05, 0) is 74.9 Å². The monoisotopic (exact) mass is 419 g/mol. The molecule has 0 fully saturated rings. The van der Waals surface area contributed by atoms with Crippen LogP contribution in [0.1, 0.15) is 23.9 Å². The highest BCUT2D eigenvalue weighted by Gasteiger charge is 2.15. The van der Waals surface area contributed by atoms with Crippen LogP contribution in [0.4, 0.5) is 5.69 Å². The van der Waals surface area contributed by atoms with Gasteiger partial charge in [-0.1, -0.05) is 23.7 Å². The van der Waals surface area contributed by atoms with Gasteiger partial charge >= 0.3 is 0 Å². The van der Waals surface area contributed by atoms with Gasteiger partial charge in [0.2, 0.25) is 0 Å². The molecule has 2 aromatic carbocycles. The van der Waals surface area contributed by atoms with E-state index in [0.717, 1.165) is 28.4 Å². The molecule has 3 rings (SSSR count). The van der Waals surface area contributed by atoms with Gasteiger partial charge in [0, 0.05) is 17.1 Å². The van der Waals surface area contributed by atoms with E-state index in [0.29, 0.717) is 17.3 Å². The van der Waals surface area contributed by atoms with Crippen LogP contribution in [0.15, 0.2) is 60.2 Å². The second-order valence-corrected chi connectivity index (χ2v) is 7.10. The summed E-state index contributed by atoms with van der Waals surface area (Å²) in [5.41, 5.74) is 4.09. The van der Waals surface area contributed by atoms with Gasteiger partial charge in [0.05, 0.1) is 17.3 Å². The first kappa shape index (κ1) is 21.2. The normalized spacial score (nSPS) is 11.1. The fraction of sp³-hybridized carbons (Fsp3) is 0.167. The predicted molar refractivity (Wildman–Crippen MR) is 120 cm³/mol. The molecule has 5 nitrogen and oxygen atoms in total. The summed E-state index contributed by atoms with van der Waals surface area (Å²) in [6.07, 6.45) is 1.60. The van der Waals surface area contributed by atoms with Crippen LogP contribution in [0.5, 0.6) is 5.75 Å². The molecule has 0 radical (unpaired) electrons. The number of hydrogen-bond acceptors (Lipinski definition) is 3. The lowest BCUT2D eigenvalue weighted by atomic mass is 10.1. The third kappa shape index (κ3) is 4.56. The van der Waals surface area contributed by atoms with E-state index in [1.807, 2.05) is 61.7 Å². The lowest BCUT2D eigenvalue weighted by Crippen LogP contribution is -2.13. The van der Waals surface area contributed by atoms with E-state index in [2.05, 4.69) is 5.32 Å². The molecule has 0 aliphatic heterocycles. The number of rotatable bonds is 6. The second kappa shape index (κ2) is 9.34. The van der Waals surface area contributed by atoms with Crippen molar-refractivity contribution in [1.82, 2.24) is 4.57 Å². The van der Waals surface area contributed by atoms with Gasteiger partial charge in [-0.2, -0.15) is 5.26 Å². The van der Waals surface area contributed by atoms with Crippen molar-refractivity contribution in [2.24, 2.45) is 0 Å². The zero-order chi connectivity index (χ0) is 21.7. The number of aromatic nitrogens is 1. The van der Waals surface area contributed by atoms with E-state index < -0.39 is 5.91 Å². The molecule has 152 valence electrons. The summed E-state index contributed by atoms with van der Waals surface area (Å²) in [4.78, 5) is 12.6. The van der Waals surface area contributed by atoms with E-state index in [1.54, 1.807) is 30.3 Å². The van der Waals surface area contributed by atoms with Crippen molar-refractivity contribution in [3.8, 4) is 17.5 Å². The number of nitrogens with one attached hydrogen (secondary N) is 1. The third-order valence-corrected chi connectivity index (χ3v) is 4.97. The zero-order valence-corrected chi connectivity index (χ0v) is 17.8. The number of ether oxygens (including phenoxy) is 1. The molecule has 0 atom stereocenters. The lowest BCUT2D eigenvalue weighted by Gasteiger charge is -2.11. The summed E-state index contributed by atoms with van der Waals surface area (Å²) in [5, 5.41) is 12.9. The van der Waals surface area contributed by atoms with Crippen molar-refractivity contribution >= 4 is 29.3 Å². The van der Waals surface area contributed by atoms with Crippen LogP contribution in [0.3, 0.4) is 0 Å². The Kier molecular flexibility index (Phi) is 6.61. The molecule has 0 aliphatic rings. The van der Waals surface area contributed by atoms with Gasteiger partial charge in [-0.25, -0.2) is 0 Å². The Balaban J connectivity index is 1.87. The van der Waals surface area contributed by atoms with E-state index >= 15 is 0 Å². The lowest BCUT2D eigenvalue weighted by molar-refractivity contribution is -0.112. The fourth-order valence-electron chi connectivity index (χ4n) is 3.24. The van der Waals surface area contributed by atoms with E-state index in [-0.39, 0.29) is 5.57 Å². The first-order valence-electron chi connectivity index (χ1n) is 9.54. The maximum atomic E-state index is 12.6. The molecule has 0 bridgehead atoms. The standard InChI is InChI=1S/C24H22ClN3O2/c1-4-30-21-11-9-20(10-12-21)27-24(29)19(15-26)14-18-13-16(2)28(17(18)3)23-8-6-5-7-22(23)25/h5-14H,4H2,1-3H3,(H,27,29)/b19-14-. The van der Waals surface area contributed by atoms with Gasteiger partial charge in [0.1, 0.15) is 17.4 Å². The molecule has 0 spiro atoms. The van der Waals surface area contributed by atoms with Crippen molar-refractivity contribution in [3.63, 3.8) is 0 Å². The minimum atomic E-state index is -0.468. The van der Waals surface area contributed by atoms with Crippen LogP contribution in [0, 0.1) is 25.2 Å². The molecule has 3 aromatic rings. The van der Waals surface area contributed by atoms with E-state index in [4.69, 9.17) is 16.3 Å². The minimum absolute atomic E-state index is 0.0169. The Morgan fingerprint density at radius 1 is 1.20 bits per heavy atom. The Hall–Kier alpha value is -3.49. The van der Waals surface area contributed by atoms with Gasteiger partial charge < -0.3 is 14.6 Å². The molecular formula is C24H22ClN3O2. The quantitative estimate of drug-likeness (QED) is 0.412. The first-order valence-corrected chi connectivity index (χ1v) is 9.92. The molecule has 0 saturated carbocycles. The van der Waals surface area contributed by atoms with E-state index in [1.165, 1.54) is 0 Å². The summed E-state index contributed by atoms with van der Waals surface area (Å²) < 4.78 is 7.40. The SMILES string of the molecule is CCOc1ccc(NC(=O)/C(C#N)=C\c2cc(C)n(-c3ccccc3Cl)c2C)cc1. The summed E-state index contributed by atoms with van der Waals surface area (Å²) in [7, 11) is 0. The summed E-state index contributed by atoms with van der Waals surface area (Å²) in [6.45, 7) is 6.36. The van der Waals surface area contributed by atoms with Crippen molar-refractivity contribution in [2.45, 2.75) is 20.8 Å². The highest BCUT2D eigenvalue weighted by molar-refractivity contribution is 6.32. The fourth-order valence-corrected chi connectivity index (χ4v) is 3.46. The summed E-state index contributed by atoms with van der Waals surface area (Å²) >= 11 is 6.35. The van der Waals surface area contributed by atoms with Gasteiger partial charge in [-0.15, -0.1) is 0 Å². The van der Waals surface area contributed by atoms with Crippen molar-refractivity contribution in [1.29, 1.82) is 5.26 Å². The number of benzene rings is 2. The van der Waals surface area contributed by atoms with Gasteiger partial charge in [-0.3, -0.25) is 4.79 Å². The van der Waals surface area contributed by atoms with Crippen molar-refractivity contribution in [2.75, 3.05) is 11.9 Å². The van der Waals surface area contributed by atoms with Crippen LogP contribution in [-0.2, 0) is 4.79 Å². The number of aryl methyl sites for hydroxylation is 1. The number of amides is 1. The molecule has 1 heterocycles. The topological polar surface area (TPSA) is 67.0 Å². The maximum absolute atomic E-state index is 12.6. The van der Waals surface area contributed by atoms with Crippen LogP contribution in [-0.4, -0.2) is 17.1 Å². The van der Waals surface area contributed by atoms with Crippen LogP contribution < -0.4 is 10.1 Å². The molecule has 1 aromatic heterocycles. The highest BCUT2D eigenvalue weighted by atomic mass is 35.5. The Bertz CT molecular complexity index is 1140. The molecule has 1 N–H and O–H groups in total. The Morgan fingerprint density at radius 3 is 2.53 bits per heavy atom. The second-order valence-electron chi connectivity index (χ2n) is 6.69. The maximum Gasteiger partial charge on any atom is 0.266 e. The Morgan fingerprint density at radius 2 is 1.90 bits per heavy atom. The Labute approximate surface area is 181 Å². The van der Waals surface area contributed by atoms with Crippen LogP contribution in [0.2, 0.25) is 5.02 Å². The average molecular weight is 420 g/mol.